The van der Waals surface area contributed by atoms with Crippen LogP contribution in [0.2, 0.25) is 0 Å². The monoisotopic (exact) mass is 358 g/mol. The van der Waals surface area contributed by atoms with Crippen molar-refractivity contribution in [2.75, 3.05) is 24.9 Å². The molecule has 1 atom stereocenters. The molecule has 2 rings (SSSR count). The summed E-state index contributed by atoms with van der Waals surface area (Å²) in [5.41, 5.74) is 0.857. The Morgan fingerprint density at radius 1 is 0.923 bits per heavy atom. The van der Waals surface area contributed by atoms with E-state index < -0.39 is 6.10 Å². The van der Waals surface area contributed by atoms with Gasteiger partial charge >= 0.3 is 0 Å². The van der Waals surface area contributed by atoms with Crippen LogP contribution in [-0.4, -0.2) is 32.1 Å². The van der Waals surface area contributed by atoms with Gasteiger partial charge in [0.2, 0.25) is 5.91 Å². The lowest BCUT2D eigenvalue weighted by molar-refractivity contribution is -0.122. The zero-order valence-electron chi connectivity index (χ0n) is 15.2. The van der Waals surface area contributed by atoms with Crippen LogP contribution in [0.3, 0.4) is 0 Å². The SMILES string of the molecule is COc1cc(NC(=O)C(C)Oc2ccccc2)c(OC)cc1NC(C)=O. The fraction of sp³-hybridized carbons (Fsp3) is 0.263. The van der Waals surface area contributed by atoms with Crippen LogP contribution in [-0.2, 0) is 9.59 Å². The molecule has 0 aliphatic carbocycles. The van der Waals surface area contributed by atoms with Gasteiger partial charge in [0.15, 0.2) is 6.10 Å². The van der Waals surface area contributed by atoms with Gasteiger partial charge in [0.1, 0.15) is 17.2 Å². The van der Waals surface area contributed by atoms with Gasteiger partial charge in [-0.1, -0.05) is 18.2 Å². The quantitative estimate of drug-likeness (QED) is 0.794. The molecule has 2 aromatic rings. The summed E-state index contributed by atoms with van der Waals surface area (Å²) in [5.74, 6) is 0.789. The molecule has 7 heteroatoms. The van der Waals surface area contributed by atoms with E-state index in [9.17, 15) is 9.59 Å². The summed E-state index contributed by atoms with van der Waals surface area (Å²) >= 11 is 0. The van der Waals surface area contributed by atoms with E-state index in [1.807, 2.05) is 18.2 Å². The Morgan fingerprint density at radius 2 is 1.46 bits per heavy atom. The number of hydrogen-bond donors (Lipinski definition) is 2. The number of carbonyl (C=O) groups excluding carboxylic acids is 2. The number of methoxy groups -OCH3 is 2. The normalized spacial score (nSPS) is 11.2. The maximum absolute atomic E-state index is 12.4. The molecule has 2 amide bonds. The van der Waals surface area contributed by atoms with Gasteiger partial charge in [-0.25, -0.2) is 0 Å². The molecule has 0 aromatic heterocycles. The molecule has 0 aliphatic rings. The van der Waals surface area contributed by atoms with Crippen LogP contribution >= 0.6 is 0 Å². The fourth-order valence-corrected chi connectivity index (χ4v) is 2.27. The van der Waals surface area contributed by atoms with Crippen molar-refractivity contribution >= 4 is 23.2 Å². The third kappa shape index (κ3) is 4.89. The Hall–Kier alpha value is -3.22. The predicted molar refractivity (Wildman–Crippen MR) is 99.0 cm³/mol. The Bertz CT molecular complexity index is 777. The number of anilines is 2. The second kappa shape index (κ2) is 8.75. The third-order valence-corrected chi connectivity index (χ3v) is 3.52. The van der Waals surface area contributed by atoms with E-state index in [1.165, 1.54) is 21.1 Å². The van der Waals surface area contributed by atoms with Gasteiger partial charge in [0, 0.05) is 19.1 Å². The van der Waals surface area contributed by atoms with E-state index in [2.05, 4.69) is 10.6 Å². The van der Waals surface area contributed by atoms with Crippen LogP contribution < -0.4 is 24.8 Å². The highest BCUT2D eigenvalue weighted by Crippen LogP contribution is 2.36. The first-order valence-electron chi connectivity index (χ1n) is 8.00. The molecule has 0 aliphatic heterocycles. The maximum Gasteiger partial charge on any atom is 0.265 e. The lowest BCUT2D eigenvalue weighted by atomic mass is 10.2. The summed E-state index contributed by atoms with van der Waals surface area (Å²) in [6.45, 7) is 3.04. The molecule has 0 radical (unpaired) electrons. The van der Waals surface area contributed by atoms with Gasteiger partial charge in [-0.05, 0) is 19.1 Å². The average Bonchev–Trinajstić information content (AvgIpc) is 2.62. The highest BCUT2D eigenvalue weighted by Gasteiger charge is 2.19. The molecule has 0 saturated heterocycles. The van der Waals surface area contributed by atoms with Gasteiger partial charge < -0.3 is 24.8 Å². The Morgan fingerprint density at radius 3 is 1.96 bits per heavy atom. The molecule has 0 spiro atoms. The molecule has 0 heterocycles. The summed E-state index contributed by atoms with van der Waals surface area (Å²) in [7, 11) is 2.94. The van der Waals surface area contributed by atoms with Gasteiger partial charge in [-0.3, -0.25) is 9.59 Å². The molecular weight excluding hydrogens is 336 g/mol. The summed E-state index contributed by atoms with van der Waals surface area (Å²) in [5, 5.41) is 5.41. The molecule has 0 fully saturated rings. The summed E-state index contributed by atoms with van der Waals surface area (Å²) in [4.78, 5) is 23.8. The van der Waals surface area contributed by atoms with Gasteiger partial charge in [0.25, 0.3) is 5.91 Å². The number of hydrogen-bond acceptors (Lipinski definition) is 5. The van der Waals surface area contributed by atoms with Crippen LogP contribution in [0.25, 0.3) is 0 Å². The third-order valence-electron chi connectivity index (χ3n) is 3.52. The van der Waals surface area contributed by atoms with Crippen molar-refractivity contribution in [2.24, 2.45) is 0 Å². The molecule has 0 bridgehead atoms. The minimum absolute atomic E-state index is 0.243. The van der Waals surface area contributed by atoms with Crippen molar-refractivity contribution in [3.63, 3.8) is 0 Å². The van der Waals surface area contributed by atoms with Crippen molar-refractivity contribution in [1.29, 1.82) is 0 Å². The molecule has 0 saturated carbocycles. The lowest BCUT2D eigenvalue weighted by Gasteiger charge is -2.18. The predicted octanol–water partition coefficient (Wildman–Crippen LogP) is 3.07. The number of para-hydroxylation sites is 1. The van der Waals surface area contributed by atoms with Gasteiger partial charge in [-0.2, -0.15) is 0 Å². The van der Waals surface area contributed by atoms with E-state index in [-0.39, 0.29) is 11.8 Å². The second-order valence-electron chi connectivity index (χ2n) is 5.50. The summed E-state index contributed by atoms with van der Waals surface area (Å²) in [6, 6.07) is 12.2. The van der Waals surface area contributed by atoms with E-state index in [4.69, 9.17) is 14.2 Å². The first-order valence-corrected chi connectivity index (χ1v) is 8.00. The Balaban J connectivity index is 2.19. The number of amides is 2. The van der Waals surface area contributed by atoms with Crippen LogP contribution in [0.15, 0.2) is 42.5 Å². The van der Waals surface area contributed by atoms with E-state index in [0.717, 1.165) is 0 Å². The zero-order chi connectivity index (χ0) is 19.1. The smallest absolute Gasteiger partial charge is 0.265 e. The van der Waals surface area contributed by atoms with Crippen molar-refractivity contribution in [3.05, 3.63) is 42.5 Å². The van der Waals surface area contributed by atoms with Crippen LogP contribution in [0, 0.1) is 0 Å². The highest BCUT2D eigenvalue weighted by molar-refractivity contribution is 5.97. The van der Waals surface area contributed by atoms with E-state index in [0.29, 0.717) is 28.6 Å². The first kappa shape index (κ1) is 19.1. The highest BCUT2D eigenvalue weighted by atomic mass is 16.5. The van der Waals surface area contributed by atoms with Crippen LogP contribution in [0.4, 0.5) is 11.4 Å². The largest absolute Gasteiger partial charge is 0.494 e. The molecular formula is C19H22N2O5. The average molecular weight is 358 g/mol. The molecule has 7 nitrogen and oxygen atoms in total. The van der Waals surface area contributed by atoms with Crippen LogP contribution in [0.1, 0.15) is 13.8 Å². The number of rotatable bonds is 7. The number of benzene rings is 2. The van der Waals surface area contributed by atoms with E-state index in [1.54, 1.807) is 31.2 Å². The lowest BCUT2D eigenvalue weighted by Crippen LogP contribution is -2.30. The summed E-state index contributed by atoms with van der Waals surface area (Å²) in [6.07, 6.45) is -0.719. The second-order valence-corrected chi connectivity index (χ2v) is 5.50. The number of ether oxygens (including phenoxy) is 3. The fourth-order valence-electron chi connectivity index (χ4n) is 2.27. The van der Waals surface area contributed by atoms with Gasteiger partial charge in [0.05, 0.1) is 25.6 Å². The van der Waals surface area contributed by atoms with Crippen LogP contribution in [0.5, 0.6) is 17.2 Å². The number of carbonyl (C=O) groups is 2. The Labute approximate surface area is 152 Å². The minimum atomic E-state index is -0.719. The first-order chi connectivity index (χ1) is 12.4. The summed E-state index contributed by atoms with van der Waals surface area (Å²) < 4.78 is 16.2. The molecule has 26 heavy (non-hydrogen) atoms. The topological polar surface area (TPSA) is 85.9 Å². The van der Waals surface area contributed by atoms with Crippen molar-refractivity contribution in [3.8, 4) is 17.2 Å². The molecule has 2 aromatic carbocycles. The van der Waals surface area contributed by atoms with Crippen molar-refractivity contribution in [1.82, 2.24) is 0 Å². The molecule has 2 N–H and O–H groups in total. The number of nitrogens with one attached hydrogen (secondary N) is 2. The van der Waals surface area contributed by atoms with Crippen molar-refractivity contribution in [2.45, 2.75) is 20.0 Å². The van der Waals surface area contributed by atoms with E-state index >= 15 is 0 Å². The van der Waals surface area contributed by atoms with Crippen molar-refractivity contribution < 1.29 is 23.8 Å². The zero-order valence-corrected chi connectivity index (χ0v) is 15.2. The Kier molecular flexibility index (Phi) is 6.43. The standard InChI is InChI=1S/C19H22N2O5/c1-12(26-14-8-6-5-7-9-14)19(23)21-16-11-17(24-3)15(20-13(2)22)10-18(16)25-4/h5-12H,1-4H3,(H,20,22)(H,21,23). The van der Waals surface area contributed by atoms with Gasteiger partial charge in [-0.15, -0.1) is 0 Å². The minimum Gasteiger partial charge on any atom is -0.494 e. The molecule has 138 valence electrons. The molecule has 1 unspecified atom stereocenters. The maximum atomic E-state index is 12.4.